The Morgan fingerprint density at radius 3 is 2.90 bits per heavy atom. The number of halogens is 1. The van der Waals surface area contributed by atoms with Crippen molar-refractivity contribution < 1.29 is 9.53 Å². The van der Waals surface area contributed by atoms with Crippen molar-refractivity contribution >= 4 is 23.3 Å². The molecular weight excluding hydrogens is 292 g/mol. The molecule has 2 aromatic rings. The van der Waals surface area contributed by atoms with E-state index in [4.69, 9.17) is 22.1 Å². The Labute approximate surface area is 127 Å². The molecule has 0 aliphatic carbocycles. The average molecular weight is 307 g/mol. The molecule has 0 unspecified atom stereocenters. The van der Waals surface area contributed by atoms with E-state index in [2.05, 4.69) is 15.3 Å². The third kappa shape index (κ3) is 4.92. The van der Waals surface area contributed by atoms with E-state index in [1.807, 2.05) is 18.2 Å². The number of nitrogens with one attached hydrogen (secondary N) is 1. The fourth-order valence-corrected chi connectivity index (χ4v) is 1.94. The molecule has 7 heteroatoms. The zero-order valence-electron chi connectivity index (χ0n) is 11.5. The highest BCUT2D eigenvalue weighted by Gasteiger charge is 2.02. The van der Waals surface area contributed by atoms with E-state index >= 15 is 0 Å². The van der Waals surface area contributed by atoms with Gasteiger partial charge in [-0.1, -0.05) is 23.7 Å². The summed E-state index contributed by atoms with van der Waals surface area (Å²) in [5.41, 5.74) is 6.01. The van der Waals surface area contributed by atoms with Gasteiger partial charge in [0.1, 0.15) is 22.5 Å². The number of amides is 1. The van der Waals surface area contributed by atoms with Crippen molar-refractivity contribution in [2.45, 2.75) is 13.5 Å². The van der Waals surface area contributed by atoms with Gasteiger partial charge >= 0.3 is 0 Å². The number of anilines is 1. The first-order valence-electron chi connectivity index (χ1n) is 6.28. The molecule has 0 aliphatic heterocycles. The summed E-state index contributed by atoms with van der Waals surface area (Å²) in [6, 6.07) is 9.01. The third-order valence-corrected chi connectivity index (χ3v) is 2.75. The molecule has 0 atom stereocenters. The first kappa shape index (κ1) is 15.1. The second-order valence-corrected chi connectivity index (χ2v) is 4.77. The lowest BCUT2D eigenvalue weighted by molar-refractivity contribution is -0.119. The van der Waals surface area contributed by atoms with Gasteiger partial charge in [0.15, 0.2) is 6.61 Å². The molecule has 1 amide bonds. The number of aromatic nitrogens is 2. The second-order valence-electron chi connectivity index (χ2n) is 4.38. The van der Waals surface area contributed by atoms with Crippen LogP contribution < -0.4 is 15.8 Å². The molecule has 1 aromatic heterocycles. The lowest BCUT2D eigenvalue weighted by atomic mass is 10.2. The van der Waals surface area contributed by atoms with Crippen molar-refractivity contribution in [3.05, 3.63) is 46.9 Å². The molecule has 2 rings (SSSR count). The summed E-state index contributed by atoms with van der Waals surface area (Å²) in [4.78, 5) is 18.9. The van der Waals surface area contributed by atoms with Crippen molar-refractivity contribution in [1.82, 2.24) is 9.97 Å². The summed E-state index contributed by atoms with van der Waals surface area (Å²) in [6.45, 7) is 2.17. The molecule has 0 saturated heterocycles. The van der Waals surface area contributed by atoms with E-state index in [1.54, 1.807) is 19.1 Å². The second kappa shape index (κ2) is 6.90. The summed E-state index contributed by atoms with van der Waals surface area (Å²) in [6.07, 6.45) is 0. The molecule has 0 spiro atoms. The van der Waals surface area contributed by atoms with E-state index in [0.29, 0.717) is 29.1 Å². The Morgan fingerprint density at radius 2 is 2.19 bits per heavy atom. The number of rotatable bonds is 6. The lowest BCUT2D eigenvalue weighted by Crippen LogP contribution is -2.20. The number of nitrogens with zero attached hydrogens (tertiary/aromatic N) is 2. The number of carbonyl (C=O) groups is 1. The SMILES string of the molecule is Cc1nc(Cl)cc(NCc2cccc(OCC(N)=O)c2)n1. The van der Waals surface area contributed by atoms with Gasteiger partial charge in [-0.2, -0.15) is 0 Å². The normalized spacial score (nSPS) is 10.2. The standard InChI is InChI=1S/C14H15ClN4O2/c1-9-18-12(15)6-14(19-9)17-7-10-3-2-4-11(5-10)21-8-13(16)20/h2-6H,7-8H2,1H3,(H2,16,20)(H,17,18,19). The minimum atomic E-state index is -0.510. The summed E-state index contributed by atoms with van der Waals surface area (Å²) in [5, 5.41) is 3.54. The predicted octanol–water partition coefficient (Wildman–Crippen LogP) is 1.91. The average Bonchev–Trinajstić information content (AvgIpc) is 2.42. The first-order chi connectivity index (χ1) is 10.0. The molecule has 1 heterocycles. The third-order valence-electron chi connectivity index (χ3n) is 2.56. The van der Waals surface area contributed by atoms with E-state index < -0.39 is 5.91 Å². The molecular formula is C14H15ClN4O2. The lowest BCUT2D eigenvalue weighted by Gasteiger charge is -2.09. The van der Waals surface area contributed by atoms with Crippen molar-refractivity contribution in [2.24, 2.45) is 5.73 Å². The van der Waals surface area contributed by atoms with Gasteiger partial charge in [-0.15, -0.1) is 0 Å². The summed E-state index contributed by atoms with van der Waals surface area (Å²) < 4.78 is 5.25. The van der Waals surface area contributed by atoms with Gasteiger partial charge in [0.2, 0.25) is 0 Å². The van der Waals surface area contributed by atoms with Gasteiger partial charge in [-0.05, 0) is 24.6 Å². The monoisotopic (exact) mass is 306 g/mol. The van der Waals surface area contributed by atoms with Crippen LogP contribution in [0, 0.1) is 6.92 Å². The number of nitrogens with two attached hydrogens (primary N) is 1. The highest BCUT2D eigenvalue weighted by Crippen LogP contribution is 2.16. The van der Waals surface area contributed by atoms with Crippen LogP contribution in [0.3, 0.4) is 0 Å². The number of aryl methyl sites for hydroxylation is 1. The molecule has 21 heavy (non-hydrogen) atoms. The van der Waals surface area contributed by atoms with Crippen molar-refractivity contribution in [1.29, 1.82) is 0 Å². The maximum absolute atomic E-state index is 10.7. The minimum Gasteiger partial charge on any atom is -0.484 e. The Kier molecular flexibility index (Phi) is 4.94. The van der Waals surface area contributed by atoms with Crippen molar-refractivity contribution in [2.75, 3.05) is 11.9 Å². The summed E-state index contributed by atoms with van der Waals surface area (Å²) >= 11 is 5.87. The Balaban J connectivity index is 1.99. The van der Waals surface area contributed by atoms with Crippen LogP contribution in [0.2, 0.25) is 5.15 Å². The molecule has 6 nitrogen and oxygen atoms in total. The van der Waals surface area contributed by atoms with Crippen molar-refractivity contribution in [3.63, 3.8) is 0 Å². The highest BCUT2D eigenvalue weighted by molar-refractivity contribution is 6.29. The van der Waals surface area contributed by atoms with Crippen LogP contribution in [-0.2, 0) is 11.3 Å². The molecule has 3 N–H and O–H groups in total. The predicted molar refractivity (Wildman–Crippen MR) is 80.2 cm³/mol. The van der Waals surface area contributed by atoms with Gasteiger partial charge in [-0.3, -0.25) is 4.79 Å². The molecule has 0 radical (unpaired) electrons. The summed E-state index contributed by atoms with van der Waals surface area (Å²) in [7, 11) is 0. The number of primary amides is 1. The van der Waals surface area contributed by atoms with E-state index in [1.165, 1.54) is 0 Å². The highest BCUT2D eigenvalue weighted by atomic mass is 35.5. The number of hydrogen-bond donors (Lipinski definition) is 2. The quantitative estimate of drug-likeness (QED) is 0.796. The van der Waals surface area contributed by atoms with Gasteiger partial charge in [-0.25, -0.2) is 9.97 Å². The van der Waals surface area contributed by atoms with Crippen LogP contribution in [0.1, 0.15) is 11.4 Å². The largest absolute Gasteiger partial charge is 0.484 e. The van der Waals surface area contributed by atoms with Gasteiger partial charge < -0.3 is 15.8 Å². The van der Waals surface area contributed by atoms with Crippen LogP contribution in [0.5, 0.6) is 5.75 Å². The van der Waals surface area contributed by atoms with E-state index in [0.717, 1.165) is 5.56 Å². The van der Waals surface area contributed by atoms with Crippen LogP contribution in [0.25, 0.3) is 0 Å². The van der Waals surface area contributed by atoms with E-state index in [9.17, 15) is 4.79 Å². The van der Waals surface area contributed by atoms with Crippen LogP contribution in [0.15, 0.2) is 30.3 Å². The molecule has 0 bridgehead atoms. The molecule has 110 valence electrons. The smallest absolute Gasteiger partial charge is 0.255 e. The van der Waals surface area contributed by atoms with Crippen LogP contribution in [-0.4, -0.2) is 22.5 Å². The molecule has 0 fully saturated rings. The number of carbonyl (C=O) groups excluding carboxylic acids is 1. The Hall–Kier alpha value is -2.34. The maximum atomic E-state index is 10.7. The van der Waals surface area contributed by atoms with Crippen molar-refractivity contribution in [3.8, 4) is 5.75 Å². The summed E-state index contributed by atoms with van der Waals surface area (Å²) in [5.74, 6) is 1.33. The number of benzene rings is 1. The van der Waals surface area contributed by atoms with Gasteiger partial charge in [0.05, 0.1) is 0 Å². The zero-order valence-corrected chi connectivity index (χ0v) is 12.2. The number of hydrogen-bond acceptors (Lipinski definition) is 5. The fraction of sp³-hybridized carbons (Fsp3) is 0.214. The minimum absolute atomic E-state index is 0.141. The van der Waals surface area contributed by atoms with Crippen LogP contribution in [0.4, 0.5) is 5.82 Å². The Bertz CT molecular complexity index is 628. The molecule has 0 aliphatic rings. The first-order valence-corrected chi connectivity index (χ1v) is 6.66. The maximum Gasteiger partial charge on any atom is 0.255 e. The van der Waals surface area contributed by atoms with Crippen LogP contribution >= 0.6 is 11.6 Å². The molecule has 1 aromatic carbocycles. The zero-order chi connectivity index (χ0) is 15.2. The van der Waals surface area contributed by atoms with E-state index in [-0.39, 0.29) is 6.61 Å². The number of ether oxygens (including phenoxy) is 1. The van der Waals surface area contributed by atoms with Gasteiger partial charge in [0.25, 0.3) is 5.91 Å². The Morgan fingerprint density at radius 1 is 1.38 bits per heavy atom. The molecule has 0 saturated carbocycles. The fourth-order valence-electron chi connectivity index (χ4n) is 1.71. The van der Waals surface area contributed by atoms with Gasteiger partial charge in [0, 0.05) is 12.6 Å². The topological polar surface area (TPSA) is 90.1 Å².